The highest BCUT2D eigenvalue weighted by molar-refractivity contribution is 7.93. The Labute approximate surface area is 179 Å². The van der Waals surface area contributed by atoms with Crippen molar-refractivity contribution in [3.63, 3.8) is 0 Å². The molecule has 0 aliphatic carbocycles. The van der Waals surface area contributed by atoms with Gasteiger partial charge in [0.15, 0.2) is 0 Å². The van der Waals surface area contributed by atoms with E-state index in [2.05, 4.69) is 4.72 Å². The van der Waals surface area contributed by atoms with Crippen molar-refractivity contribution in [3.05, 3.63) is 83.9 Å². The van der Waals surface area contributed by atoms with E-state index in [1.165, 1.54) is 28.6 Å². The number of nitrogens with zero attached hydrogens (tertiary/aromatic N) is 1. The fraction of sp³-hybridized carbons (Fsp3) is 0.143. The van der Waals surface area contributed by atoms with Crippen molar-refractivity contribution in [2.24, 2.45) is 0 Å². The van der Waals surface area contributed by atoms with Gasteiger partial charge in [0.05, 0.1) is 16.3 Å². The highest BCUT2D eigenvalue weighted by Gasteiger charge is 2.30. The Hall–Kier alpha value is -2.98. The molecule has 0 radical (unpaired) electrons. The zero-order valence-corrected chi connectivity index (χ0v) is 17.8. The van der Waals surface area contributed by atoms with E-state index in [0.29, 0.717) is 24.6 Å². The van der Waals surface area contributed by atoms with Crippen molar-refractivity contribution in [2.75, 3.05) is 15.6 Å². The number of rotatable bonds is 5. The Bertz CT molecular complexity index is 1350. The minimum absolute atomic E-state index is 0.0394. The standard InChI is InChI=1S/C21H18F2N2O4S2/c22-16-9-11-19(23)21(13-16)30(26,27)24-17-10-8-15-5-4-12-25(20(15)14-17)31(28,29)18-6-2-1-3-7-18/h1-3,6-11,13-14,24H,4-5,12H2. The van der Waals surface area contributed by atoms with E-state index >= 15 is 0 Å². The number of fused-ring (bicyclic) bond motifs is 1. The SMILES string of the molecule is O=S(=O)(Nc1ccc2c(c1)N(S(=O)(=O)c1ccccc1)CCC2)c1cc(F)ccc1F. The van der Waals surface area contributed by atoms with Crippen LogP contribution in [0.4, 0.5) is 20.2 Å². The Morgan fingerprint density at radius 1 is 0.871 bits per heavy atom. The maximum Gasteiger partial charge on any atom is 0.264 e. The number of hydrogen-bond donors (Lipinski definition) is 1. The lowest BCUT2D eigenvalue weighted by Crippen LogP contribution is -2.35. The molecule has 0 atom stereocenters. The van der Waals surface area contributed by atoms with Crippen LogP contribution in [-0.2, 0) is 26.5 Å². The first kappa shape index (κ1) is 21.3. The summed E-state index contributed by atoms with van der Waals surface area (Å²) in [5.74, 6) is -1.99. The van der Waals surface area contributed by atoms with Gasteiger partial charge in [0.25, 0.3) is 20.0 Å². The summed E-state index contributed by atoms with van der Waals surface area (Å²) in [6, 6.07) is 14.5. The van der Waals surface area contributed by atoms with E-state index in [1.54, 1.807) is 24.3 Å². The third-order valence-corrected chi connectivity index (χ3v) is 8.15. The van der Waals surface area contributed by atoms with E-state index in [1.807, 2.05) is 0 Å². The van der Waals surface area contributed by atoms with Crippen LogP contribution in [0.2, 0.25) is 0 Å². The van der Waals surface area contributed by atoms with E-state index in [4.69, 9.17) is 0 Å². The highest BCUT2D eigenvalue weighted by atomic mass is 32.2. The molecular weight excluding hydrogens is 446 g/mol. The number of benzene rings is 3. The van der Waals surface area contributed by atoms with Gasteiger partial charge in [-0.05, 0) is 60.9 Å². The molecule has 0 spiro atoms. The highest BCUT2D eigenvalue weighted by Crippen LogP contribution is 2.34. The normalized spacial score (nSPS) is 14.2. The Balaban J connectivity index is 1.72. The van der Waals surface area contributed by atoms with Gasteiger partial charge < -0.3 is 0 Å². The van der Waals surface area contributed by atoms with Crippen LogP contribution in [0, 0.1) is 11.6 Å². The van der Waals surface area contributed by atoms with Gasteiger partial charge in [-0.2, -0.15) is 0 Å². The molecule has 162 valence electrons. The van der Waals surface area contributed by atoms with Crippen LogP contribution in [0.15, 0.2) is 76.5 Å². The van der Waals surface area contributed by atoms with Crippen LogP contribution in [0.25, 0.3) is 0 Å². The number of hydrogen-bond acceptors (Lipinski definition) is 4. The van der Waals surface area contributed by atoms with Crippen LogP contribution in [-0.4, -0.2) is 23.4 Å². The first-order chi connectivity index (χ1) is 14.7. The van der Waals surface area contributed by atoms with E-state index < -0.39 is 36.6 Å². The smallest absolute Gasteiger partial charge is 0.264 e. The van der Waals surface area contributed by atoms with E-state index in [0.717, 1.165) is 17.7 Å². The molecule has 1 heterocycles. The molecule has 1 aliphatic heterocycles. The summed E-state index contributed by atoms with van der Waals surface area (Å²) in [6.07, 6.45) is 1.24. The molecule has 1 N–H and O–H groups in total. The Kier molecular flexibility index (Phi) is 5.44. The molecule has 0 aromatic heterocycles. The topological polar surface area (TPSA) is 83.6 Å². The average Bonchev–Trinajstić information content (AvgIpc) is 2.75. The number of nitrogens with one attached hydrogen (secondary N) is 1. The van der Waals surface area contributed by atoms with Crippen molar-refractivity contribution < 1.29 is 25.6 Å². The molecule has 0 saturated carbocycles. The van der Waals surface area contributed by atoms with E-state index in [9.17, 15) is 25.6 Å². The molecule has 0 saturated heterocycles. The Morgan fingerprint density at radius 3 is 2.35 bits per heavy atom. The van der Waals surface area contributed by atoms with Gasteiger partial charge in [0.1, 0.15) is 16.5 Å². The molecule has 31 heavy (non-hydrogen) atoms. The maximum atomic E-state index is 14.0. The zero-order valence-electron chi connectivity index (χ0n) is 16.1. The maximum absolute atomic E-state index is 14.0. The van der Waals surface area contributed by atoms with Crippen LogP contribution in [0.3, 0.4) is 0 Å². The van der Waals surface area contributed by atoms with Crippen LogP contribution >= 0.6 is 0 Å². The molecule has 6 nitrogen and oxygen atoms in total. The summed E-state index contributed by atoms with van der Waals surface area (Å²) < 4.78 is 82.4. The van der Waals surface area contributed by atoms with Crippen molar-refractivity contribution in [3.8, 4) is 0 Å². The number of aryl methyl sites for hydroxylation is 1. The summed E-state index contributed by atoms with van der Waals surface area (Å²) >= 11 is 0. The molecule has 0 unspecified atom stereocenters. The van der Waals surface area contributed by atoms with Crippen molar-refractivity contribution >= 4 is 31.4 Å². The van der Waals surface area contributed by atoms with Crippen molar-refractivity contribution in [2.45, 2.75) is 22.6 Å². The second-order valence-corrected chi connectivity index (χ2v) is 10.5. The number of sulfonamides is 2. The summed E-state index contributed by atoms with van der Waals surface area (Å²) in [6.45, 7) is 0.235. The largest absolute Gasteiger partial charge is 0.279 e. The van der Waals surface area contributed by atoms with Crippen molar-refractivity contribution in [1.82, 2.24) is 0 Å². The van der Waals surface area contributed by atoms with Crippen molar-refractivity contribution in [1.29, 1.82) is 0 Å². The lowest BCUT2D eigenvalue weighted by Gasteiger charge is -2.31. The van der Waals surface area contributed by atoms with Gasteiger partial charge in [-0.3, -0.25) is 9.03 Å². The van der Waals surface area contributed by atoms with Gasteiger partial charge in [-0.15, -0.1) is 0 Å². The van der Waals surface area contributed by atoms with Gasteiger partial charge in [-0.25, -0.2) is 25.6 Å². The zero-order chi connectivity index (χ0) is 22.2. The lowest BCUT2D eigenvalue weighted by atomic mass is 10.0. The molecule has 1 aliphatic rings. The molecule has 0 fully saturated rings. The van der Waals surface area contributed by atoms with Crippen LogP contribution < -0.4 is 9.03 Å². The lowest BCUT2D eigenvalue weighted by molar-refractivity contribution is 0.555. The first-order valence-electron chi connectivity index (χ1n) is 9.37. The van der Waals surface area contributed by atoms with Gasteiger partial charge in [0.2, 0.25) is 0 Å². The summed E-state index contributed by atoms with van der Waals surface area (Å²) in [7, 11) is -8.28. The third-order valence-electron chi connectivity index (χ3n) is 4.93. The number of anilines is 2. The molecular formula is C21H18F2N2O4S2. The third kappa shape index (κ3) is 4.13. The van der Waals surface area contributed by atoms with Crippen LogP contribution in [0.1, 0.15) is 12.0 Å². The molecule has 3 aromatic carbocycles. The minimum atomic E-state index is -4.43. The number of halogens is 2. The Morgan fingerprint density at radius 2 is 1.61 bits per heavy atom. The predicted octanol–water partition coefficient (Wildman–Crippen LogP) is 3.91. The predicted molar refractivity (Wildman–Crippen MR) is 113 cm³/mol. The average molecular weight is 465 g/mol. The summed E-state index contributed by atoms with van der Waals surface area (Å²) in [5, 5.41) is 0. The second kappa shape index (κ2) is 7.93. The summed E-state index contributed by atoms with van der Waals surface area (Å²) in [5.41, 5.74) is 1.12. The monoisotopic (exact) mass is 464 g/mol. The fourth-order valence-electron chi connectivity index (χ4n) is 3.47. The van der Waals surface area contributed by atoms with Crippen LogP contribution in [0.5, 0.6) is 0 Å². The first-order valence-corrected chi connectivity index (χ1v) is 12.3. The quantitative estimate of drug-likeness (QED) is 0.621. The molecule has 0 bridgehead atoms. The minimum Gasteiger partial charge on any atom is -0.279 e. The molecule has 4 rings (SSSR count). The molecule has 0 amide bonds. The second-order valence-electron chi connectivity index (χ2n) is 7.02. The van der Waals surface area contributed by atoms with Gasteiger partial charge in [-0.1, -0.05) is 24.3 Å². The molecule has 3 aromatic rings. The summed E-state index contributed by atoms with van der Waals surface area (Å²) in [4.78, 5) is -0.713. The molecule has 10 heteroatoms. The van der Waals surface area contributed by atoms with Gasteiger partial charge >= 0.3 is 0 Å². The van der Waals surface area contributed by atoms with E-state index in [-0.39, 0.29) is 17.1 Å². The van der Waals surface area contributed by atoms with Gasteiger partial charge in [0, 0.05) is 6.54 Å². The fourth-order valence-corrected chi connectivity index (χ4v) is 6.16.